The Morgan fingerprint density at radius 3 is 2.75 bits per heavy atom. The van der Waals surface area contributed by atoms with Crippen LogP contribution in [0.5, 0.6) is 5.75 Å². The predicted molar refractivity (Wildman–Crippen MR) is 46.1 cm³/mol. The first-order valence-electron chi connectivity index (χ1n) is 3.05. The molecule has 0 aliphatic rings. The van der Waals surface area contributed by atoms with E-state index >= 15 is 0 Å². The van der Waals surface area contributed by atoms with Gasteiger partial charge in [0.2, 0.25) is 0 Å². The van der Waals surface area contributed by atoms with E-state index in [9.17, 15) is 9.30 Å². The molecule has 64 valence electrons. The number of halogens is 2. The Bertz CT molecular complexity index is 317. The minimum atomic E-state index is -0.531. The summed E-state index contributed by atoms with van der Waals surface area (Å²) < 4.78 is 17.8. The van der Waals surface area contributed by atoms with Crippen molar-refractivity contribution in [2.75, 3.05) is 7.11 Å². The van der Waals surface area contributed by atoms with E-state index in [1.165, 1.54) is 13.2 Å². The van der Waals surface area contributed by atoms with Crippen LogP contribution >= 0.6 is 15.9 Å². The van der Waals surface area contributed by atoms with E-state index in [4.69, 9.17) is 0 Å². The van der Waals surface area contributed by atoms with Gasteiger partial charge < -0.3 is 4.74 Å². The van der Waals surface area contributed by atoms with Crippen LogP contribution in [-0.2, 0) is 0 Å². The van der Waals surface area contributed by atoms with Crippen molar-refractivity contribution in [2.45, 2.75) is 0 Å². The fourth-order valence-electron chi connectivity index (χ4n) is 0.745. The monoisotopic (exact) mass is 233 g/mol. The number of nitrogens with zero attached hydrogens (tertiary/aromatic N) is 1. The summed E-state index contributed by atoms with van der Waals surface area (Å²) in [5.74, 6) is -0.524. The second kappa shape index (κ2) is 3.62. The molecule has 1 aromatic rings. The summed E-state index contributed by atoms with van der Waals surface area (Å²) in [5, 5.41) is 2.68. The lowest BCUT2D eigenvalue weighted by Gasteiger charge is -2.02. The summed E-state index contributed by atoms with van der Waals surface area (Å²) in [6.07, 6.45) is 0. The molecule has 0 radical (unpaired) electrons. The second-order valence-electron chi connectivity index (χ2n) is 2.03. The number of benzene rings is 1. The van der Waals surface area contributed by atoms with Gasteiger partial charge in [-0.05, 0) is 27.2 Å². The molecule has 0 bridgehead atoms. The number of ether oxygens (including phenoxy) is 1. The molecule has 0 unspecified atom stereocenters. The van der Waals surface area contributed by atoms with Gasteiger partial charge in [0, 0.05) is 10.5 Å². The fraction of sp³-hybridized carbons (Fsp3) is 0.143. The highest BCUT2D eigenvalue weighted by Crippen LogP contribution is 2.31. The molecular weight excluding hydrogens is 229 g/mol. The molecule has 0 N–H and O–H groups in total. The van der Waals surface area contributed by atoms with Gasteiger partial charge in [-0.15, -0.1) is 4.91 Å². The number of hydrogen-bond donors (Lipinski definition) is 0. The highest BCUT2D eigenvalue weighted by atomic mass is 79.9. The zero-order chi connectivity index (χ0) is 9.14. The predicted octanol–water partition coefficient (Wildman–Crippen LogP) is 2.99. The molecule has 0 aliphatic carbocycles. The lowest BCUT2D eigenvalue weighted by atomic mass is 10.3. The van der Waals surface area contributed by atoms with E-state index < -0.39 is 5.82 Å². The van der Waals surface area contributed by atoms with Crippen molar-refractivity contribution in [1.82, 2.24) is 0 Å². The van der Waals surface area contributed by atoms with Gasteiger partial charge in [0.05, 0.1) is 7.11 Å². The van der Waals surface area contributed by atoms with Crippen LogP contribution < -0.4 is 4.74 Å². The highest BCUT2D eigenvalue weighted by molar-refractivity contribution is 9.10. The average molecular weight is 234 g/mol. The van der Waals surface area contributed by atoms with E-state index in [1.807, 2.05) is 0 Å². The maximum absolute atomic E-state index is 12.9. The molecule has 0 heterocycles. The van der Waals surface area contributed by atoms with Crippen LogP contribution in [0.3, 0.4) is 0 Å². The molecule has 0 atom stereocenters. The van der Waals surface area contributed by atoms with Crippen molar-refractivity contribution in [3.8, 4) is 5.75 Å². The van der Waals surface area contributed by atoms with Crippen molar-refractivity contribution in [3.63, 3.8) is 0 Å². The van der Waals surface area contributed by atoms with Gasteiger partial charge in [-0.25, -0.2) is 4.39 Å². The van der Waals surface area contributed by atoms with Gasteiger partial charge in [-0.3, -0.25) is 0 Å². The van der Waals surface area contributed by atoms with Crippen LogP contribution in [0.1, 0.15) is 0 Å². The van der Waals surface area contributed by atoms with Gasteiger partial charge in [0.15, 0.2) is 11.6 Å². The summed E-state index contributed by atoms with van der Waals surface area (Å²) in [7, 11) is 1.32. The normalized spacial score (nSPS) is 9.58. The lowest BCUT2D eigenvalue weighted by molar-refractivity contribution is 0.386. The molecule has 0 amide bonds. The molecule has 0 saturated heterocycles. The van der Waals surface area contributed by atoms with Gasteiger partial charge >= 0.3 is 0 Å². The first kappa shape index (κ1) is 9.12. The Hall–Kier alpha value is -0.970. The van der Waals surface area contributed by atoms with Crippen LogP contribution in [0.15, 0.2) is 21.8 Å². The zero-order valence-corrected chi connectivity index (χ0v) is 7.76. The minimum Gasteiger partial charge on any atom is -0.494 e. The molecule has 0 aliphatic heterocycles. The Morgan fingerprint density at radius 1 is 1.58 bits per heavy atom. The van der Waals surface area contributed by atoms with Crippen LogP contribution in [-0.4, -0.2) is 7.11 Å². The molecule has 5 heteroatoms. The number of hydrogen-bond acceptors (Lipinski definition) is 3. The SMILES string of the molecule is COc1cc(N=O)c(Br)cc1F. The summed E-state index contributed by atoms with van der Waals surface area (Å²) in [4.78, 5) is 10.1. The molecular formula is C7H5BrFNO2. The van der Waals surface area contributed by atoms with Crippen LogP contribution in [0.4, 0.5) is 10.1 Å². The van der Waals surface area contributed by atoms with Gasteiger partial charge in [0.25, 0.3) is 0 Å². The van der Waals surface area contributed by atoms with Crippen molar-refractivity contribution in [2.24, 2.45) is 5.18 Å². The first-order chi connectivity index (χ1) is 5.69. The Kier molecular flexibility index (Phi) is 2.75. The highest BCUT2D eigenvalue weighted by Gasteiger charge is 2.08. The number of rotatable bonds is 2. The molecule has 1 aromatic carbocycles. The maximum atomic E-state index is 12.9. The van der Waals surface area contributed by atoms with Crippen molar-refractivity contribution < 1.29 is 9.13 Å². The minimum absolute atomic E-state index is 0.00722. The van der Waals surface area contributed by atoms with Crippen LogP contribution in [0, 0.1) is 10.7 Å². The summed E-state index contributed by atoms with van der Waals surface area (Å²) in [5.41, 5.74) is 0.119. The number of nitroso groups, excluding NO2 is 1. The van der Waals surface area contributed by atoms with E-state index in [-0.39, 0.29) is 11.4 Å². The first-order valence-corrected chi connectivity index (χ1v) is 3.84. The summed E-state index contributed by atoms with van der Waals surface area (Å²) in [6.45, 7) is 0. The molecule has 0 fully saturated rings. The van der Waals surface area contributed by atoms with Crippen molar-refractivity contribution in [1.29, 1.82) is 0 Å². The van der Waals surface area contributed by atoms with E-state index in [1.54, 1.807) is 0 Å². The molecule has 0 spiro atoms. The van der Waals surface area contributed by atoms with E-state index in [2.05, 4.69) is 25.8 Å². The fourth-order valence-corrected chi connectivity index (χ4v) is 1.13. The Balaban J connectivity index is 3.26. The quantitative estimate of drug-likeness (QED) is 0.737. The van der Waals surface area contributed by atoms with Crippen LogP contribution in [0.25, 0.3) is 0 Å². The second-order valence-corrected chi connectivity index (χ2v) is 2.88. The van der Waals surface area contributed by atoms with Crippen LogP contribution in [0.2, 0.25) is 0 Å². The topological polar surface area (TPSA) is 38.7 Å². The Labute approximate surface area is 76.6 Å². The lowest BCUT2D eigenvalue weighted by Crippen LogP contribution is -1.87. The largest absolute Gasteiger partial charge is 0.494 e. The summed E-state index contributed by atoms with van der Waals surface area (Å²) >= 11 is 2.98. The number of methoxy groups -OCH3 is 1. The third kappa shape index (κ3) is 1.61. The van der Waals surface area contributed by atoms with E-state index in [0.29, 0.717) is 4.47 Å². The van der Waals surface area contributed by atoms with Gasteiger partial charge in [-0.2, -0.15) is 0 Å². The maximum Gasteiger partial charge on any atom is 0.166 e. The molecule has 3 nitrogen and oxygen atoms in total. The zero-order valence-electron chi connectivity index (χ0n) is 6.17. The van der Waals surface area contributed by atoms with Gasteiger partial charge in [0.1, 0.15) is 5.69 Å². The molecule has 12 heavy (non-hydrogen) atoms. The Morgan fingerprint density at radius 2 is 2.25 bits per heavy atom. The van der Waals surface area contributed by atoms with Crippen molar-refractivity contribution in [3.05, 3.63) is 27.3 Å². The standard InChI is InChI=1S/C7H5BrFNO2/c1-12-7-3-6(10-11)4(8)2-5(7)9/h2-3H,1H3. The smallest absolute Gasteiger partial charge is 0.166 e. The van der Waals surface area contributed by atoms with Crippen molar-refractivity contribution >= 4 is 21.6 Å². The summed E-state index contributed by atoms with van der Waals surface area (Å²) in [6, 6.07) is 2.36. The molecule has 0 saturated carbocycles. The third-order valence-corrected chi connectivity index (χ3v) is 1.95. The molecule has 0 aromatic heterocycles. The van der Waals surface area contributed by atoms with E-state index in [0.717, 1.165) is 6.07 Å². The van der Waals surface area contributed by atoms with Gasteiger partial charge in [-0.1, -0.05) is 0 Å². The molecule has 1 rings (SSSR count). The average Bonchev–Trinajstić information content (AvgIpc) is 2.05. The third-order valence-electron chi connectivity index (χ3n) is 1.32.